The van der Waals surface area contributed by atoms with Crippen LogP contribution in [0, 0.1) is 0 Å². The van der Waals surface area contributed by atoms with Gasteiger partial charge in [0.1, 0.15) is 0 Å². The lowest BCUT2D eigenvalue weighted by Gasteiger charge is -2.21. The van der Waals surface area contributed by atoms with Crippen molar-refractivity contribution in [3.63, 3.8) is 0 Å². The first kappa shape index (κ1) is 25.7. The van der Waals surface area contributed by atoms with Gasteiger partial charge in [0.25, 0.3) is 0 Å². The highest BCUT2D eigenvalue weighted by Gasteiger charge is 2.35. The zero-order valence-electron chi connectivity index (χ0n) is 26.1. The number of hydrogen-bond donors (Lipinski definition) is 0. The molecule has 0 spiro atoms. The van der Waals surface area contributed by atoms with Gasteiger partial charge < -0.3 is 4.57 Å². The maximum atomic E-state index is 2.57. The molecule has 0 N–H and O–H groups in total. The number of benzene rings is 8. The molecule has 0 saturated carbocycles. The number of aromatic nitrogens is 1. The second-order valence-electron chi connectivity index (χ2n) is 13.6. The van der Waals surface area contributed by atoms with Crippen molar-refractivity contribution in [2.45, 2.75) is 19.3 Å². The Labute approximate surface area is 275 Å². The van der Waals surface area contributed by atoms with E-state index in [0.29, 0.717) is 0 Å². The van der Waals surface area contributed by atoms with E-state index in [4.69, 9.17) is 0 Å². The summed E-state index contributed by atoms with van der Waals surface area (Å²) in [5.74, 6) is 0. The van der Waals surface area contributed by atoms with E-state index in [9.17, 15) is 0 Å². The van der Waals surface area contributed by atoms with Crippen LogP contribution >= 0.6 is 11.3 Å². The fourth-order valence-corrected chi connectivity index (χ4v) is 10.2. The van der Waals surface area contributed by atoms with E-state index in [1.165, 1.54) is 102 Å². The van der Waals surface area contributed by atoms with Gasteiger partial charge in [0, 0.05) is 48.1 Å². The highest BCUT2D eigenvalue weighted by Crippen LogP contribution is 2.53. The Morgan fingerprint density at radius 1 is 0.468 bits per heavy atom. The van der Waals surface area contributed by atoms with Crippen LogP contribution in [0.15, 0.2) is 140 Å². The molecule has 2 heterocycles. The van der Waals surface area contributed by atoms with Gasteiger partial charge in [-0.15, -0.1) is 11.3 Å². The SMILES string of the molecule is CC1(C)c2ccccc2-c2cc(-n3c4ccccc4c4c5c6ccccc6c6ccccc6c5c5c6ccccc6sc5c43)ccc21. The zero-order valence-corrected chi connectivity index (χ0v) is 27.0. The minimum Gasteiger partial charge on any atom is -0.308 e. The van der Waals surface area contributed by atoms with Gasteiger partial charge in [0.2, 0.25) is 0 Å². The van der Waals surface area contributed by atoms with Crippen LogP contribution in [0.1, 0.15) is 25.0 Å². The van der Waals surface area contributed by atoms with Gasteiger partial charge in [0.05, 0.1) is 15.7 Å². The predicted molar refractivity (Wildman–Crippen MR) is 204 cm³/mol. The number of fused-ring (bicyclic) bond motifs is 18. The second kappa shape index (κ2) is 8.88. The molecule has 1 aliphatic rings. The monoisotopic (exact) mass is 615 g/mol. The Bertz CT molecular complexity index is 2990. The molecule has 0 aliphatic heterocycles. The summed E-state index contributed by atoms with van der Waals surface area (Å²) in [6.07, 6.45) is 0. The molecule has 1 aliphatic carbocycles. The molecule has 0 saturated heterocycles. The first-order valence-electron chi connectivity index (χ1n) is 16.5. The van der Waals surface area contributed by atoms with E-state index in [2.05, 4.69) is 158 Å². The van der Waals surface area contributed by atoms with E-state index >= 15 is 0 Å². The van der Waals surface area contributed by atoms with Gasteiger partial charge in [0.15, 0.2) is 0 Å². The molecule has 1 nitrogen and oxygen atoms in total. The van der Waals surface area contributed by atoms with Crippen LogP contribution in [-0.2, 0) is 5.41 Å². The highest BCUT2D eigenvalue weighted by atomic mass is 32.1. The molecule has 10 aromatic rings. The number of para-hydroxylation sites is 1. The molecule has 2 heteroatoms. The fourth-order valence-electron chi connectivity index (χ4n) is 8.94. The lowest BCUT2D eigenvalue weighted by Crippen LogP contribution is -2.14. The minimum atomic E-state index is -0.0276. The number of hydrogen-bond acceptors (Lipinski definition) is 1. The number of thiophene rings is 1. The molecular formula is C45H29NS. The van der Waals surface area contributed by atoms with Crippen LogP contribution in [0.3, 0.4) is 0 Å². The van der Waals surface area contributed by atoms with Gasteiger partial charge in [-0.25, -0.2) is 0 Å². The van der Waals surface area contributed by atoms with Gasteiger partial charge in [-0.05, 0) is 68.1 Å². The Morgan fingerprint density at radius 2 is 1.04 bits per heavy atom. The largest absolute Gasteiger partial charge is 0.308 e. The van der Waals surface area contributed by atoms with Crippen LogP contribution in [0.2, 0.25) is 0 Å². The Balaban J connectivity index is 1.43. The molecule has 220 valence electrons. The Hall–Kier alpha value is -5.44. The highest BCUT2D eigenvalue weighted by molar-refractivity contribution is 7.27. The molecule has 0 radical (unpaired) electrons. The van der Waals surface area contributed by atoms with Crippen molar-refractivity contribution in [3.8, 4) is 16.8 Å². The van der Waals surface area contributed by atoms with E-state index in [0.717, 1.165) is 0 Å². The zero-order chi connectivity index (χ0) is 31.0. The molecular weight excluding hydrogens is 587 g/mol. The maximum Gasteiger partial charge on any atom is 0.0726 e. The van der Waals surface area contributed by atoms with Crippen LogP contribution in [-0.4, -0.2) is 4.57 Å². The van der Waals surface area contributed by atoms with Crippen LogP contribution in [0.25, 0.3) is 91.1 Å². The summed E-state index contributed by atoms with van der Waals surface area (Å²) >= 11 is 1.94. The normalized spacial score (nSPS) is 13.9. The van der Waals surface area contributed by atoms with Crippen LogP contribution in [0.5, 0.6) is 0 Å². The number of nitrogens with zero attached hydrogens (tertiary/aromatic N) is 1. The smallest absolute Gasteiger partial charge is 0.0726 e. The molecule has 0 atom stereocenters. The summed E-state index contributed by atoms with van der Waals surface area (Å²) < 4.78 is 5.25. The molecule has 47 heavy (non-hydrogen) atoms. The van der Waals surface area contributed by atoms with Gasteiger partial charge in [-0.1, -0.05) is 129 Å². The van der Waals surface area contributed by atoms with Crippen molar-refractivity contribution in [2.75, 3.05) is 0 Å². The topological polar surface area (TPSA) is 4.93 Å². The fraction of sp³-hybridized carbons (Fsp3) is 0.0667. The summed E-state index contributed by atoms with van der Waals surface area (Å²) in [6.45, 7) is 4.72. The molecule has 0 fully saturated rings. The summed E-state index contributed by atoms with van der Waals surface area (Å²) in [5, 5.41) is 13.3. The van der Waals surface area contributed by atoms with E-state index in [1.54, 1.807) is 0 Å². The van der Waals surface area contributed by atoms with E-state index in [1.807, 2.05) is 11.3 Å². The molecule has 8 aromatic carbocycles. The van der Waals surface area contributed by atoms with Crippen molar-refractivity contribution in [1.82, 2.24) is 4.57 Å². The minimum absolute atomic E-state index is 0.0276. The molecule has 0 bridgehead atoms. The van der Waals surface area contributed by atoms with E-state index < -0.39 is 0 Å². The first-order valence-corrected chi connectivity index (χ1v) is 17.3. The Kier molecular flexibility index (Phi) is 4.86. The van der Waals surface area contributed by atoms with Crippen molar-refractivity contribution in [1.29, 1.82) is 0 Å². The third-order valence-corrected chi connectivity index (χ3v) is 12.1. The van der Waals surface area contributed by atoms with Gasteiger partial charge >= 0.3 is 0 Å². The molecule has 0 unspecified atom stereocenters. The molecule has 11 rings (SSSR count). The summed E-state index contributed by atoms with van der Waals surface area (Å²) in [4.78, 5) is 0. The third kappa shape index (κ3) is 3.14. The first-order chi connectivity index (χ1) is 23.1. The van der Waals surface area contributed by atoms with Crippen molar-refractivity contribution in [3.05, 3.63) is 151 Å². The average Bonchev–Trinajstić information content (AvgIpc) is 3.74. The molecule has 2 aromatic heterocycles. The van der Waals surface area contributed by atoms with Crippen molar-refractivity contribution >= 4 is 85.6 Å². The lowest BCUT2D eigenvalue weighted by atomic mass is 9.82. The van der Waals surface area contributed by atoms with Gasteiger partial charge in [-0.2, -0.15) is 0 Å². The van der Waals surface area contributed by atoms with Crippen LogP contribution < -0.4 is 0 Å². The maximum absolute atomic E-state index is 2.57. The van der Waals surface area contributed by atoms with Gasteiger partial charge in [-0.3, -0.25) is 0 Å². The third-order valence-electron chi connectivity index (χ3n) is 10.9. The van der Waals surface area contributed by atoms with Crippen LogP contribution in [0.4, 0.5) is 0 Å². The summed E-state index contributed by atoms with van der Waals surface area (Å²) in [7, 11) is 0. The lowest BCUT2D eigenvalue weighted by molar-refractivity contribution is 0.660. The summed E-state index contributed by atoms with van der Waals surface area (Å²) in [6, 6.07) is 52.3. The molecule has 0 amide bonds. The second-order valence-corrected chi connectivity index (χ2v) is 14.7. The predicted octanol–water partition coefficient (Wildman–Crippen LogP) is 12.9. The van der Waals surface area contributed by atoms with E-state index in [-0.39, 0.29) is 5.41 Å². The quantitative estimate of drug-likeness (QED) is 0.162. The van der Waals surface area contributed by atoms with Crippen molar-refractivity contribution in [2.24, 2.45) is 0 Å². The number of rotatable bonds is 1. The summed E-state index contributed by atoms with van der Waals surface area (Å²) in [5.41, 5.74) is 9.25. The van der Waals surface area contributed by atoms with Crippen molar-refractivity contribution < 1.29 is 0 Å². The Morgan fingerprint density at radius 3 is 1.81 bits per heavy atom. The average molecular weight is 616 g/mol. The standard InChI is InChI=1S/C45H29NS/c1-45(2)35-20-10-7-15-29(35)34-25-26(23-24-36(34)45)46-37-21-11-8-18-32(37)41-39-30-16-5-3-13-27(30)28-14-4-6-17-31(28)40(39)42-33-19-9-12-22-38(33)47-44(42)43(41)46/h3-25H,1-2H3.